The number of ether oxygens (including phenoxy) is 4. The molecule has 0 aromatic heterocycles. The summed E-state index contributed by atoms with van der Waals surface area (Å²) in [7, 11) is 0. The Morgan fingerprint density at radius 2 is 0.982 bits per heavy atom. The van der Waals surface area contributed by atoms with Crippen molar-refractivity contribution in [2.24, 2.45) is 0 Å². The number of unbranched alkanes of at least 4 members (excludes halogenated alkanes) is 28. The highest BCUT2D eigenvalue weighted by Gasteiger charge is 2.44. The van der Waals surface area contributed by atoms with Gasteiger partial charge in [-0.15, -0.1) is 0 Å². The lowest BCUT2D eigenvalue weighted by Gasteiger charge is -2.39. The van der Waals surface area contributed by atoms with Crippen molar-refractivity contribution in [3.63, 3.8) is 0 Å². The van der Waals surface area contributed by atoms with Crippen LogP contribution in [0, 0.1) is 0 Å². The van der Waals surface area contributed by atoms with Gasteiger partial charge in [-0.2, -0.15) is 0 Å². The van der Waals surface area contributed by atoms with Crippen LogP contribution in [0.4, 0.5) is 0 Å². The second kappa shape index (κ2) is 39.4. The van der Waals surface area contributed by atoms with Crippen LogP contribution in [0.1, 0.15) is 219 Å². The summed E-state index contributed by atoms with van der Waals surface area (Å²) in [5.74, 6) is -0.314. The Bertz CT molecular complexity index is 869. The van der Waals surface area contributed by atoms with Crippen LogP contribution in [-0.4, -0.2) is 89.6 Å². The predicted molar refractivity (Wildman–Crippen MR) is 229 cm³/mol. The second-order valence-electron chi connectivity index (χ2n) is 16.6. The molecule has 0 aromatic rings. The van der Waals surface area contributed by atoms with Gasteiger partial charge in [0.25, 0.3) is 0 Å². The van der Waals surface area contributed by atoms with Crippen LogP contribution in [0.25, 0.3) is 0 Å². The number of esters is 1. The molecule has 4 N–H and O–H groups in total. The van der Waals surface area contributed by atoms with Gasteiger partial charge in [-0.3, -0.25) is 4.79 Å². The summed E-state index contributed by atoms with van der Waals surface area (Å²) < 4.78 is 22.8. The van der Waals surface area contributed by atoms with Crippen molar-refractivity contribution in [1.29, 1.82) is 0 Å². The molecular formula is C47H90O9. The molecule has 0 amide bonds. The molecular weight excluding hydrogens is 709 g/mol. The Labute approximate surface area is 344 Å². The van der Waals surface area contributed by atoms with Crippen LogP contribution < -0.4 is 0 Å². The van der Waals surface area contributed by atoms with Gasteiger partial charge in [0.15, 0.2) is 6.29 Å². The first-order valence-electron chi connectivity index (χ1n) is 23.8. The lowest BCUT2D eigenvalue weighted by atomic mass is 9.99. The SMILES string of the molecule is CCCCCCCCC/C=C\CCCCCCCCCC(=O)OC(COCCCCCCCCCCCCCCCCC)COC1OC(CO)C(O)C(O)C1O. The van der Waals surface area contributed by atoms with Crippen LogP contribution in [0.2, 0.25) is 0 Å². The molecule has 9 nitrogen and oxygen atoms in total. The topological polar surface area (TPSA) is 135 Å². The van der Waals surface area contributed by atoms with Gasteiger partial charge in [-0.25, -0.2) is 0 Å². The van der Waals surface area contributed by atoms with Gasteiger partial charge < -0.3 is 39.4 Å². The van der Waals surface area contributed by atoms with E-state index in [-0.39, 0.29) is 19.2 Å². The quantitative estimate of drug-likeness (QED) is 0.0271. The first-order chi connectivity index (χ1) is 27.4. The molecule has 56 heavy (non-hydrogen) atoms. The molecule has 0 saturated carbocycles. The van der Waals surface area contributed by atoms with Gasteiger partial charge in [-0.05, 0) is 38.5 Å². The Hall–Kier alpha value is -1.07. The van der Waals surface area contributed by atoms with E-state index in [4.69, 9.17) is 18.9 Å². The van der Waals surface area contributed by atoms with Gasteiger partial charge in [0.1, 0.15) is 30.5 Å². The zero-order chi connectivity index (χ0) is 40.7. The molecule has 6 atom stereocenters. The van der Waals surface area contributed by atoms with E-state index in [1.165, 1.54) is 167 Å². The first-order valence-corrected chi connectivity index (χ1v) is 23.8. The summed E-state index contributed by atoms with van der Waals surface area (Å²) >= 11 is 0. The molecule has 1 heterocycles. The van der Waals surface area contributed by atoms with Gasteiger partial charge in [-0.1, -0.05) is 187 Å². The standard InChI is InChI=1S/C47H90O9/c1-3-5-7-9-11-13-15-17-19-20-21-22-24-26-28-30-32-34-36-43(49)55-41(40-54-47-46(52)45(51)44(50)42(38-48)56-47)39-53-37-35-33-31-29-27-25-23-18-16-14-12-10-8-6-4-2/h19-20,41-42,44-48,50-52H,3-18,21-40H2,1-2H3/b20-19-. The summed E-state index contributed by atoms with van der Waals surface area (Å²) in [6.07, 6.45) is 36.6. The minimum absolute atomic E-state index is 0.110. The van der Waals surface area contributed by atoms with Crippen molar-refractivity contribution in [2.75, 3.05) is 26.4 Å². The Morgan fingerprint density at radius 3 is 1.45 bits per heavy atom. The molecule has 1 saturated heterocycles. The van der Waals surface area contributed by atoms with Crippen molar-refractivity contribution < 1.29 is 44.2 Å². The number of hydrogen-bond donors (Lipinski definition) is 4. The molecule has 0 bridgehead atoms. The van der Waals surface area contributed by atoms with E-state index in [2.05, 4.69) is 26.0 Å². The molecule has 0 aromatic carbocycles. The van der Waals surface area contributed by atoms with Crippen molar-refractivity contribution >= 4 is 5.97 Å². The van der Waals surface area contributed by atoms with Crippen molar-refractivity contribution in [3.8, 4) is 0 Å². The maximum atomic E-state index is 12.8. The molecule has 0 aliphatic carbocycles. The lowest BCUT2D eigenvalue weighted by Crippen LogP contribution is -2.59. The number of hydrogen-bond acceptors (Lipinski definition) is 9. The molecule has 1 aliphatic rings. The van der Waals surface area contributed by atoms with Crippen molar-refractivity contribution in [1.82, 2.24) is 0 Å². The summed E-state index contributed by atoms with van der Waals surface area (Å²) in [5, 5.41) is 40.1. The summed E-state index contributed by atoms with van der Waals surface area (Å²) in [5.41, 5.74) is 0. The van der Waals surface area contributed by atoms with Gasteiger partial charge in [0.2, 0.25) is 0 Å². The summed E-state index contributed by atoms with van der Waals surface area (Å²) in [6.45, 7) is 4.59. The summed E-state index contributed by atoms with van der Waals surface area (Å²) in [6, 6.07) is 0. The van der Waals surface area contributed by atoms with Crippen LogP contribution >= 0.6 is 0 Å². The van der Waals surface area contributed by atoms with Gasteiger partial charge in [0, 0.05) is 13.0 Å². The first kappa shape index (κ1) is 52.9. The maximum Gasteiger partial charge on any atom is 0.306 e. The number of aliphatic hydroxyl groups is 4. The normalized spacial score (nSPS) is 20.6. The lowest BCUT2D eigenvalue weighted by molar-refractivity contribution is -0.305. The number of allylic oxidation sites excluding steroid dienone is 2. The predicted octanol–water partition coefficient (Wildman–Crippen LogP) is 10.8. The van der Waals surface area contributed by atoms with E-state index in [0.717, 1.165) is 32.1 Å². The maximum absolute atomic E-state index is 12.8. The fraction of sp³-hybridized carbons (Fsp3) is 0.936. The zero-order valence-corrected chi connectivity index (χ0v) is 36.4. The second-order valence-corrected chi connectivity index (χ2v) is 16.6. The molecule has 6 unspecified atom stereocenters. The molecule has 0 radical (unpaired) electrons. The summed E-state index contributed by atoms with van der Waals surface area (Å²) in [4.78, 5) is 12.8. The highest BCUT2D eigenvalue weighted by Crippen LogP contribution is 2.23. The molecule has 332 valence electrons. The van der Waals surface area contributed by atoms with Crippen LogP contribution in [0.3, 0.4) is 0 Å². The molecule has 1 fully saturated rings. The van der Waals surface area contributed by atoms with E-state index in [1.54, 1.807) is 0 Å². The highest BCUT2D eigenvalue weighted by molar-refractivity contribution is 5.69. The van der Waals surface area contributed by atoms with Crippen molar-refractivity contribution in [3.05, 3.63) is 12.2 Å². The van der Waals surface area contributed by atoms with E-state index < -0.39 is 43.4 Å². The van der Waals surface area contributed by atoms with Crippen LogP contribution in [0.5, 0.6) is 0 Å². The third-order valence-corrected chi connectivity index (χ3v) is 11.2. The third-order valence-electron chi connectivity index (χ3n) is 11.2. The Balaban J connectivity index is 2.23. The van der Waals surface area contributed by atoms with E-state index >= 15 is 0 Å². The minimum atomic E-state index is -1.53. The van der Waals surface area contributed by atoms with Crippen LogP contribution in [-0.2, 0) is 23.7 Å². The molecule has 1 rings (SSSR count). The number of rotatable bonds is 41. The highest BCUT2D eigenvalue weighted by atomic mass is 16.7. The van der Waals surface area contributed by atoms with E-state index in [0.29, 0.717) is 13.0 Å². The fourth-order valence-corrected chi connectivity index (χ4v) is 7.43. The Morgan fingerprint density at radius 1 is 0.554 bits per heavy atom. The number of carbonyl (C=O) groups excluding carboxylic acids is 1. The van der Waals surface area contributed by atoms with Crippen LogP contribution in [0.15, 0.2) is 12.2 Å². The average Bonchev–Trinajstić information content (AvgIpc) is 3.20. The monoisotopic (exact) mass is 799 g/mol. The van der Waals surface area contributed by atoms with E-state index in [1.807, 2.05) is 0 Å². The zero-order valence-electron chi connectivity index (χ0n) is 36.4. The number of carbonyl (C=O) groups is 1. The minimum Gasteiger partial charge on any atom is -0.457 e. The molecule has 1 aliphatic heterocycles. The Kier molecular flexibility index (Phi) is 37.2. The van der Waals surface area contributed by atoms with Gasteiger partial charge in [0.05, 0.1) is 19.8 Å². The van der Waals surface area contributed by atoms with Crippen molar-refractivity contribution in [2.45, 2.75) is 256 Å². The smallest absolute Gasteiger partial charge is 0.306 e. The molecule has 9 heteroatoms. The van der Waals surface area contributed by atoms with Gasteiger partial charge >= 0.3 is 5.97 Å². The largest absolute Gasteiger partial charge is 0.457 e. The number of aliphatic hydroxyl groups excluding tert-OH is 4. The molecule has 0 spiro atoms. The third kappa shape index (κ3) is 30.0. The average molecular weight is 799 g/mol. The fourth-order valence-electron chi connectivity index (χ4n) is 7.43. The van der Waals surface area contributed by atoms with E-state index in [9.17, 15) is 25.2 Å².